The van der Waals surface area contributed by atoms with E-state index in [4.69, 9.17) is 4.74 Å². The lowest BCUT2D eigenvalue weighted by Gasteiger charge is -2.35. The zero-order valence-electron chi connectivity index (χ0n) is 20.0. The molecule has 182 valence electrons. The molecule has 9 heteroatoms. The van der Waals surface area contributed by atoms with Crippen LogP contribution in [0.1, 0.15) is 44.0 Å². The van der Waals surface area contributed by atoms with E-state index in [1.165, 1.54) is 0 Å². The summed E-state index contributed by atoms with van der Waals surface area (Å²) in [6.07, 6.45) is 4.62. The molecule has 2 amide bonds. The molecular weight excluding hydrogens is 434 g/mol. The van der Waals surface area contributed by atoms with Crippen LogP contribution in [-0.2, 0) is 4.74 Å². The van der Waals surface area contributed by atoms with Crippen LogP contribution in [0.2, 0.25) is 0 Å². The fourth-order valence-corrected chi connectivity index (χ4v) is 4.05. The molecule has 2 aliphatic rings. The number of hydrogen-bond donors (Lipinski definition) is 2. The van der Waals surface area contributed by atoms with Gasteiger partial charge in [-0.05, 0) is 51.7 Å². The fraction of sp³-hybridized carbons (Fsp3) is 0.520. The Bertz CT molecular complexity index is 989. The highest BCUT2D eigenvalue weighted by molar-refractivity contribution is 5.95. The molecule has 0 bridgehead atoms. The SMILES string of the molecule is CC(C)(C)OC(=O)N1CCC(CNc2cnc(-c3ccc(C(=O)N4CC(O)C4)cc3)cn2)CC1. The topological polar surface area (TPSA) is 108 Å². The van der Waals surface area contributed by atoms with Gasteiger partial charge < -0.3 is 25.0 Å². The average molecular weight is 468 g/mol. The molecule has 2 aliphatic heterocycles. The normalized spacial score (nSPS) is 17.3. The first-order chi connectivity index (χ1) is 16.2. The van der Waals surface area contributed by atoms with Crippen molar-refractivity contribution in [2.75, 3.05) is 38.0 Å². The number of aromatic nitrogens is 2. The lowest BCUT2D eigenvalue weighted by Crippen LogP contribution is -2.53. The number of carbonyl (C=O) groups excluding carboxylic acids is 2. The predicted molar refractivity (Wildman–Crippen MR) is 128 cm³/mol. The molecule has 2 fully saturated rings. The molecule has 1 aromatic heterocycles. The summed E-state index contributed by atoms with van der Waals surface area (Å²) in [5.74, 6) is 1.10. The van der Waals surface area contributed by atoms with Crippen molar-refractivity contribution in [3.8, 4) is 11.3 Å². The summed E-state index contributed by atoms with van der Waals surface area (Å²) in [6, 6.07) is 7.28. The molecule has 1 aromatic carbocycles. The minimum Gasteiger partial charge on any atom is -0.444 e. The van der Waals surface area contributed by atoms with E-state index in [1.807, 2.05) is 32.9 Å². The van der Waals surface area contributed by atoms with Gasteiger partial charge in [0, 0.05) is 43.9 Å². The van der Waals surface area contributed by atoms with Crippen LogP contribution in [0.15, 0.2) is 36.7 Å². The van der Waals surface area contributed by atoms with Gasteiger partial charge in [0.25, 0.3) is 5.91 Å². The third kappa shape index (κ3) is 6.02. The second kappa shape index (κ2) is 9.97. The second-order valence-electron chi connectivity index (χ2n) is 10.0. The first-order valence-electron chi connectivity index (χ1n) is 11.8. The summed E-state index contributed by atoms with van der Waals surface area (Å²) >= 11 is 0. The fourth-order valence-electron chi connectivity index (χ4n) is 4.05. The van der Waals surface area contributed by atoms with Gasteiger partial charge in [-0.3, -0.25) is 9.78 Å². The molecule has 34 heavy (non-hydrogen) atoms. The highest BCUT2D eigenvalue weighted by Crippen LogP contribution is 2.22. The van der Waals surface area contributed by atoms with E-state index >= 15 is 0 Å². The third-order valence-corrected chi connectivity index (χ3v) is 6.07. The number of β-amino-alcohol motifs (C(OH)–C–C–N with tert-alkyl or cyclic N) is 1. The molecule has 2 aromatic rings. The molecule has 0 radical (unpaired) electrons. The summed E-state index contributed by atoms with van der Waals surface area (Å²) in [7, 11) is 0. The van der Waals surface area contributed by atoms with Gasteiger partial charge in [-0.2, -0.15) is 0 Å². The number of aliphatic hydroxyl groups excluding tert-OH is 1. The molecule has 0 spiro atoms. The monoisotopic (exact) mass is 467 g/mol. The van der Waals surface area contributed by atoms with E-state index in [0.717, 1.165) is 30.6 Å². The largest absolute Gasteiger partial charge is 0.444 e. The Morgan fingerprint density at radius 1 is 1.06 bits per heavy atom. The number of amides is 2. The van der Waals surface area contributed by atoms with E-state index in [-0.39, 0.29) is 12.0 Å². The molecule has 2 N–H and O–H groups in total. The number of rotatable bonds is 5. The molecular formula is C25H33N5O4. The lowest BCUT2D eigenvalue weighted by molar-refractivity contribution is 0.00589. The van der Waals surface area contributed by atoms with Gasteiger partial charge >= 0.3 is 6.09 Å². The highest BCUT2D eigenvalue weighted by Gasteiger charge is 2.29. The van der Waals surface area contributed by atoms with Crippen LogP contribution in [-0.4, -0.2) is 81.3 Å². The third-order valence-electron chi connectivity index (χ3n) is 6.07. The zero-order valence-corrected chi connectivity index (χ0v) is 20.0. The van der Waals surface area contributed by atoms with Gasteiger partial charge in [-0.25, -0.2) is 9.78 Å². The minimum atomic E-state index is -0.474. The maximum absolute atomic E-state index is 12.3. The number of aliphatic hydroxyl groups is 1. The summed E-state index contributed by atoms with van der Waals surface area (Å²) in [4.78, 5) is 36.9. The summed E-state index contributed by atoms with van der Waals surface area (Å²) in [6.45, 7) is 8.59. The Balaban J connectivity index is 1.24. The second-order valence-corrected chi connectivity index (χ2v) is 10.0. The molecule has 0 unspecified atom stereocenters. The van der Waals surface area contributed by atoms with Gasteiger partial charge in [-0.1, -0.05) is 12.1 Å². The number of piperidine rings is 1. The number of nitrogens with one attached hydrogen (secondary N) is 1. The standard InChI is InChI=1S/C25H33N5O4/c1-25(2,3)34-24(33)29-10-8-17(9-11-29)12-27-22-14-26-21(13-28-22)18-4-6-19(7-5-18)23(32)30-15-20(31)16-30/h4-7,13-14,17,20,31H,8-12,15-16H2,1-3H3,(H,27,28). The summed E-state index contributed by atoms with van der Waals surface area (Å²) < 4.78 is 5.45. The Kier molecular flexibility index (Phi) is 7.02. The minimum absolute atomic E-state index is 0.0700. The maximum Gasteiger partial charge on any atom is 0.410 e. The van der Waals surface area contributed by atoms with Gasteiger partial charge in [0.1, 0.15) is 11.4 Å². The van der Waals surface area contributed by atoms with Crippen LogP contribution in [0.25, 0.3) is 11.3 Å². The summed E-state index contributed by atoms with van der Waals surface area (Å²) in [5, 5.41) is 12.7. The van der Waals surface area contributed by atoms with E-state index < -0.39 is 11.7 Å². The van der Waals surface area contributed by atoms with Gasteiger partial charge in [-0.15, -0.1) is 0 Å². The number of anilines is 1. The molecule has 0 saturated carbocycles. The highest BCUT2D eigenvalue weighted by atomic mass is 16.6. The van der Waals surface area contributed by atoms with Crippen LogP contribution >= 0.6 is 0 Å². The lowest BCUT2D eigenvalue weighted by atomic mass is 9.97. The number of benzene rings is 1. The Labute approximate surface area is 200 Å². The van der Waals surface area contributed by atoms with Crippen LogP contribution in [0.5, 0.6) is 0 Å². The number of nitrogens with zero attached hydrogens (tertiary/aromatic N) is 4. The van der Waals surface area contributed by atoms with Gasteiger partial charge in [0.2, 0.25) is 0 Å². The zero-order chi connectivity index (χ0) is 24.3. The van der Waals surface area contributed by atoms with Crippen molar-refractivity contribution in [3.63, 3.8) is 0 Å². The van der Waals surface area contributed by atoms with Crippen molar-refractivity contribution in [2.45, 2.75) is 45.3 Å². The van der Waals surface area contributed by atoms with Crippen molar-refractivity contribution in [3.05, 3.63) is 42.2 Å². The van der Waals surface area contributed by atoms with Gasteiger partial charge in [0.15, 0.2) is 0 Å². The first kappa shape index (κ1) is 23.9. The van der Waals surface area contributed by atoms with Gasteiger partial charge in [0.05, 0.1) is 24.2 Å². The molecule has 3 heterocycles. The number of hydrogen-bond acceptors (Lipinski definition) is 7. The van der Waals surface area contributed by atoms with Crippen LogP contribution < -0.4 is 5.32 Å². The molecule has 9 nitrogen and oxygen atoms in total. The molecule has 0 atom stereocenters. The Morgan fingerprint density at radius 2 is 1.74 bits per heavy atom. The van der Waals surface area contributed by atoms with Crippen LogP contribution in [0.3, 0.4) is 0 Å². The van der Waals surface area contributed by atoms with Crippen molar-refractivity contribution >= 4 is 17.8 Å². The smallest absolute Gasteiger partial charge is 0.410 e. The van der Waals surface area contributed by atoms with Crippen molar-refractivity contribution in [1.29, 1.82) is 0 Å². The molecule has 0 aliphatic carbocycles. The maximum atomic E-state index is 12.3. The van der Waals surface area contributed by atoms with E-state index in [2.05, 4.69) is 15.3 Å². The number of likely N-dealkylation sites (tertiary alicyclic amines) is 2. The predicted octanol–water partition coefficient (Wildman–Crippen LogP) is 3.02. The number of carbonyl (C=O) groups is 2. The van der Waals surface area contributed by atoms with E-state index in [9.17, 15) is 14.7 Å². The Morgan fingerprint density at radius 3 is 2.29 bits per heavy atom. The average Bonchev–Trinajstić information content (AvgIpc) is 2.80. The van der Waals surface area contributed by atoms with Crippen molar-refractivity contribution in [1.82, 2.24) is 19.8 Å². The van der Waals surface area contributed by atoms with E-state index in [1.54, 1.807) is 34.3 Å². The number of ether oxygens (including phenoxy) is 1. The summed E-state index contributed by atoms with van der Waals surface area (Å²) in [5.41, 5.74) is 1.74. The van der Waals surface area contributed by atoms with Crippen molar-refractivity contribution in [2.24, 2.45) is 5.92 Å². The molecule has 4 rings (SSSR count). The Hall–Kier alpha value is -3.20. The van der Waals surface area contributed by atoms with Crippen LogP contribution in [0, 0.1) is 5.92 Å². The van der Waals surface area contributed by atoms with Crippen molar-refractivity contribution < 1.29 is 19.4 Å². The van der Waals surface area contributed by atoms with Crippen LogP contribution in [0.4, 0.5) is 10.6 Å². The van der Waals surface area contributed by atoms with E-state index in [0.29, 0.717) is 43.5 Å². The first-order valence-corrected chi connectivity index (χ1v) is 11.8. The quantitative estimate of drug-likeness (QED) is 0.696. The molecule has 2 saturated heterocycles.